The van der Waals surface area contributed by atoms with Crippen LogP contribution in [0.2, 0.25) is 0 Å². The van der Waals surface area contributed by atoms with E-state index in [0.29, 0.717) is 32.8 Å². The average molecular weight is 332 g/mol. The van der Waals surface area contributed by atoms with Crippen LogP contribution in [-0.2, 0) is 14.8 Å². The molecule has 1 aromatic heterocycles. The van der Waals surface area contributed by atoms with Crippen LogP contribution in [0.4, 0.5) is 5.82 Å². The highest BCUT2D eigenvalue weighted by atomic mass is 32.2. The maximum absolute atomic E-state index is 12.8. The van der Waals surface area contributed by atoms with Crippen LogP contribution >= 0.6 is 0 Å². The summed E-state index contributed by atoms with van der Waals surface area (Å²) in [7, 11) is -3.82. The lowest BCUT2D eigenvalue weighted by Crippen LogP contribution is -2.69. The summed E-state index contributed by atoms with van der Waals surface area (Å²) in [6, 6.07) is 0. The molecule has 22 heavy (non-hydrogen) atoms. The predicted octanol–water partition coefficient (Wildman–Crippen LogP) is -1.37. The van der Waals surface area contributed by atoms with Gasteiger partial charge in [-0.1, -0.05) is 5.16 Å². The number of aryl methyl sites for hydroxylation is 1. The number of aromatic nitrogens is 1. The van der Waals surface area contributed by atoms with Crippen molar-refractivity contribution in [2.75, 3.05) is 51.7 Å². The molecular formula is C12H20N4O5S. The molecule has 2 aliphatic rings. The van der Waals surface area contributed by atoms with Crippen molar-refractivity contribution in [1.82, 2.24) is 14.4 Å². The third kappa shape index (κ3) is 2.31. The number of aliphatic hydroxyl groups is 1. The van der Waals surface area contributed by atoms with Crippen LogP contribution in [0, 0.1) is 6.92 Å². The van der Waals surface area contributed by atoms with Crippen molar-refractivity contribution < 1.29 is 22.8 Å². The Balaban J connectivity index is 1.93. The van der Waals surface area contributed by atoms with Crippen molar-refractivity contribution in [3.05, 3.63) is 5.76 Å². The van der Waals surface area contributed by atoms with Crippen LogP contribution in [0.1, 0.15) is 5.76 Å². The van der Waals surface area contributed by atoms with E-state index in [4.69, 9.17) is 15.0 Å². The number of anilines is 1. The molecule has 3 heterocycles. The highest BCUT2D eigenvalue weighted by molar-refractivity contribution is 7.89. The Kier molecular flexibility index (Phi) is 3.89. The van der Waals surface area contributed by atoms with Crippen molar-refractivity contribution in [2.24, 2.45) is 0 Å². The minimum Gasteiger partial charge on any atom is -0.394 e. The van der Waals surface area contributed by atoms with E-state index in [9.17, 15) is 13.5 Å². The van der Waals surface area contributed by atoms with E-state index in [2.05, 4.69) is 10.1 Å². The molecule has 124 valence electrons. The summed E-state index contributed by atoms with van der Waals surface area (Å²) in [5.41, 5.74) is 4.93. The first-order valence-electron chi connectivity index (χ1n) is 7.06. The molecule has 0 amide bonds. The Bertz CT molecular complexity index is 641. The van der Waals surface area contributed by atoms with Crippen molar-refractivity contribution in [3.8, 4) is 0 Å². The monoisotopic (exact) mass is 332 g/mol. The molecule has 10 heteroatoms. The van der Waals surface area contributed by atoms with E-state index < -0.39 is 15.6 Å². The zero-order valence-electron chi connectivity index (χ0n) is 12.4. The van der Waals surface area contributed by atoms with Crippen molar-refractivity contribution in [1.29, 1.82) is 0 Å². The lowest BCUT2D eigenvalue weighted by molar-refractivity contribution is -0.114. The molecule has 1 aromatic rings. The molecule has 0 saturated carbocycles. The molecule has 0 aromatic carbocycles. The van der Waals surface area contributed by atoms with Gasteiger partial charge in [0.2, 0.25) is 10.0 Å². The summed E-state index contributed by atoms with van der Waals surface area (Å²) in [6.45, 7) is 3.93. The second-order valence-corrected chi connectivity index (χ2v) is 7.59. The number of aliphatic hydroxyl groups excluding tert-OH is 1. The third-order valence-corrected chi connectivity index (χ3v) is 6.37. The second kappa shape index (κ2) is 5.46. The SMILES string of the molecule is Cc1onc(N)c1S(=O)(=O)N1CCN2CCOCC2(CO)C1. The summed E-state index contributed by atoms with van der Waals surface area (Å²) in [4.78, 5) is 2.00. The summed E-state index contributed by atoms with van der Waals surface area (Å²) in [5.74, 6) is 0.0238. The predicted molar refractivity (Wildman–Crippen MR) is 76.6 cm³/mol. The Labute approximate surface area is 128 Å². The van der Waals surface area contributed by atoms with Gasteiger partial charge in [-0.3, -0.25) is 4.90 Å². The van der Waals surface area contributed by atoms with Crippen molar-refractivity contribution in [2.45, 2.75) is 17.4 Å². The first-order chi connectivity index (χ1) is 10.4. The quantitative estimate of drug-likeness (QED) is 0.695. The Morgan fingerprint density at radius 2 is 2.18 bits per heavy atom. The molecule has 3 N–H and O–H groups in total. The fourth-order valence-electron chi connectivity index (χ4n) is 3.12. The molecule has 2 fully saturated rings. The lowest BCUT2D eigenvalue weighted by Gasteiger charge is -2.51. The number of nitrogens with two attached hydrogens (primary N) is 1. The molecular weight excluding hydrogens is 312 g/mol. The maximum atomic E-state index is 12.8. The Morgan fingerprint density at radius 1 is 1.41 bits per heavy atom. The highest BCUT2D eigenvalue weighted by Gasteiger charge is 2.47. The molecule has 0 spiro atoms. The number of hydrogen-bond donors (Lipinski definition) is 2. The molecule has 3 rings (SSSR count). The number of nitrogens with zero attached hydrogens (tertiary/aromatic N) is 3. The fourth-order valence-corrected chi connectivity index (χ4v) is 4.82. The van der Waals surface area contributed by atoms with Gasteiger partial charge in [0.05, 0.1) is 25.4 Å². The third-order valence-electron chi connectivity index (χ3n) is 4.36. The summed E-state index contributed by atoms with van der Waals surface area (Å²) in [5, 5.41) is 13.3. The largest absolute Gasteiger partial charge is 0.394 e. The van der Waals surface area contributed by atoms with Gasteiger partial charge in [-0.05, 0) is 6.92 Å². The van der Waals surface area contributed by atoms with Crippen LogP contribution in [0.15, 0.2) is 9.42 Å². The molecule has 0 bridgehead atoms. The Morgan fingerprint density at radius 3 is 2.82 bits per heavy atom. The molecule has 2 saturated heterocycles. The number of hydrogen-bond acceptors (Lipinski definition) is 8. The van der Waals surface area contributed by atoms with Gasteiger partial charge in [-0.15, -0.1) is 0 Å². The number of fused-ring (bicyclic) bond motifs is 1. The molecule has 1 atom stereocenters. The van der Waals surface area contributed by atoms with E-state index >= 15 is 0 Å². The maximum Gasteiger partial charge on any atom is 0.250 e. The minimum absolute atomic E-state index is 0.0919. The van der Waals surface area contributed by atoms with Crippen LogP contribution in [0.3, 0.4) is 0 Å². The second-order valence-electron chi connectivity index (χ2n) is 5.71. The van der Waals surface area contributed by atoms with E-state index in [1.54, 1.807) is 0 Å². The number of ether oxygens (including phenoxy) is 1. The van der Waals surface area contributed by atoms with E-state index in [1.165, 1.54) is 11.2 Å². The van der Waals surface area contributed by atoms with E-state index in [1.807, 2.05) is 0 Å². The van der Waals surface area contributed by atoms with Crippen LogP contribution in [0.5, 0.6) is 0 Å². The topological polar surface area (TPSA) is 122 Å². The fraction of sp³-hybridized carbons (Fsp3) is 0.750. The zero-order valence-corrected chi connectivity index (χ0v) is 13.2. The zero-order chi connectivity index (χ0) is 16.0. The number of piperazine rings is 1. The summed E-state index contributed by atoms with van der Waals surface area (Å²) in [6.07, 6.45) is 0. The summed E-state index contributed by atoms with van der Waals surface area (Å²) >= 11 is 0. The van der Waals surface area contributed by atoms with Gasteiger partial charge in [0, 0.05) is 26.2 Å². The van der Waals surface area contributed by atoms with Gasteiger partial charge in [-0.2, -0.15) is 4.31 Å². The van der Waals surface area contributed by atoms with E-state index in [-0.39, 0.29) is 29.6 Å². The molecule has 0 aliphatic carbocycles. The lowest BCUT2D eigenvalue weighted by atomic mass is 9.95. The van der Waals surface area contributed by atoms with Gasteiger partial charge >= 0.3 is 0 Å². The van der Waals surface area contributed by atoms with Crippen LogP contribution < -0.4 is 5.73 Å². The van der Waals surface area contributed by atoms with Crippen molar-refractivity contribution >= 4 is 15.8 Å². The standard InChI is InChI=1S/C12H20N4O5S/c1-9-10(11(13)14-21-9)22(18,19)16-3-2-15-4-5-20-8-12(15,6-16)7-17/h17H,2-8H2,1H3,(H2,13,14). The van der Waals surface area contributed by atoms with E-state index in [0.717, 1.165) is 0 Å². The molecule has 2 aliphatic heterocycles. The number of morpholine rings is 1. The normalized spacial score (nSPS) is 27.7. The smallest absolute Gasteiger partial charge is 0.250 e. The molecule has 0 radical (unpaired) electrons. The van der Waals surface area contributed by atoms with Gasteiger partial charge in [-0.25, -0.2) is 8.42 Å². The van der Waals surface area contributed by atoms with Gasteiger partial charge in [0.15, 0.2) is 16.5 Å². The number of sulfonamides is 1. The highest BCUT2D eigenvalue weighted by Crippen LogP contribution is 2.31. The van der Waals surface area contributed by atoms with Gasteiger partial charge in [0.25, 0.3) is 0 Å². The van der Waals surface area contributed by atoms with Gasteiger partial charge < -0.3 is 20.1 Å². The number of nitrogen functional groups attached to an aromatic ring is 1. The Hall–Kier alpha value is -1.20. The first kappa shape index (κ1) is 15.7. The van der Waals surface area contributed by atoms with Crippen molar-refractivity contribution in [3.63, 3.8) is 0 Å². The van der Waals surface area contributed by atoms with Crippen LogP contribution in [-0.4, -0.2) is 79.4 Å². The molecule has 1 unspecified atom stereocenters. The number of rotatable bonds is 3. The van der Waals surface area contributed by atoms with Crippen LogP contribution in [0.25, 0.3) is 0 Å². The average Bonchev–Trinajstić information content (AvgIpc) is 2.86. The molecule has 9 nitrogen and oxygen atoms in total. The summed E-state index contributed by atoms with van der Waals surface area (Å²) < 4.78 is 37.3. The first-order valence-corrected chi connectivity index (χ1v) is 8.50. The van der Waals surface area contributed by atoms with Gasteiger partial charge in [0.1, 0.15) is 0 Å². The minimum atomic E-state index is -3.82.